The lowest BCUT2D eigenvalue weighted by atomic mass is 10.1. The molecule has 0 aliphatic heterocycles. The summed E-state index contributed by atoms with van der Waals surface area (Å²) in [6, 6.07) is 6.69. The number of ether oxygens (including phenoxy) is 2. The van der Waals surface area contributed by atoms with E-state index >= 15 is 0 Å². The molecule has 1 N–H and O–H groups in total. The summed E-state index contributed by atoms with van der Waals surface area (Å²) in [4.78, 5) is 19.5. The fourth-order valence-electron chi connectivity index (χ4n) is 1.77. The highest BCUT2D eigenvalue weighted by atomic mass is 32.2. The molecule has 1 aromatic heterocycles. The molecule has 1 aromatic carbocycles. The lowest BCUT2D eigenvalue weighted by Crippen LogP contribution is -2.20. The van der Waals surface area contributed by atoms with Gasteiger partial charge in [-0.1, -0.05) is 11.8 Å². The van der Waals surface area contributed by atoms with E-state index < -0.39 is 6.10 Å². The van der Waals surface area contributed by atoms with Gasteiger partial charge in [0.2, 0.25) is 0 Å². The molecule has 6 nitrogen and oxygen atoms in total. The topological polar surface area (TPSA) is 81.5 Å². The van der Waals surface area contributed by atoms with Gasteiger partial charge in [-0.2, -0.15) is 0 Å². The predicted octanol–water partition coefficient (Wildman–Crippen LogP) is 2.22. The Morgan fingerprint density at radius 3 is 2.70 bits per heavy atom. The van der Waals surface area contributed by atoms with Crippen molar-refractivity contribution < 1.29 is 19.4 Å². The Morgan fingerprint density at radius 1 is 1.30 bits per heavy atom. The minimum absolute atomic E-state index is 0.0471. The minimum Gasteiger partial charge on any atom is -0.493 e. The first-order chi connectivity index (χ1) is 11.1. The maximum Gasteiger partial charge on any atom is 0.187 e. The number of nitrogens with zero attached hydrogens (tertiary/aromatic N) is 2. The minimum atomic E-state index is -0.680. The predicted molar refractivity (Wildman–Crippen MR) is 87.3 cm³/mol. The van der Waals surface area contributed by atoms with E-state index in [-0.39, 0.29) is 12.4 Å². The molecule has 2 aromatic rings. The number of rotatable bonds is 8. The summed E-state index contributed by atoms with van der Waals surface area (Å²) in [5, 5.41) is 10.6. The first kappa shape index (κ1) is 17.2. The van der Waals surface area contributed by atoms with Crippen molar-refractivity contribution in [2.45, 2.75) is 18.2 Å². The highest BCUT2D eigenvalue weighted by Gasteiger charge is 2.12. The molecule has 1 atom stereocenters. The lowest BCUT2D eigenvalue weighted by molar-refractivity contribution is 0.101. The third-order valence-corrected chi connectivity index (χ3v) is 3.97. The number of hydrogen-bond donors (Lipinski definition) is 1. The number of Topliss-reactive ketones (excluding diaryl/α,β-unsaturated/α-hetero) is 1. The van der Waals surface area contributed by atoms with Gasteiger partial charge in [-0.05, 0) is 31.2 Å². The van der Waals surface area contributed by atoms with Gasteiger partial charge in [-0.15, -0.1) is 0 Å². The number of hydrogen-bond acceptors (Lipinski definition) is 7. The van der Waals surface area contributed by atoms with Crippen molar-refractivity contribution in [3.63, 3.8) is 0 Å². The molecule has 2 rings (SSSR count). The molecule has 0 bridgehead atoms. The summed E-state index contributed by atoms with van der Waals surface area (Å²) in [7, 11) is 1.51. The molecule has 122 valence electrons. The number of methoxy groups -OCH3 is 1. The first-order valence-electron chi connectivity index (χ1n) is 7.00. The molecule has 23 heavy (non-hydrogen) atoms. The van der Waals surface area contributed by atoms with Crippen LogP contribution in [0.1, 0.15) is 17.3 Å². The molecule has 1 heterocycles. The van der Waals surface area contributed by atoms with Crippen molar-refractivity contribution in [3.05, 3.63) is 42.2 Å². The molecule has 0 aliphatic rings. The fraction of sp³-hybridized carbons (Fsp3) is 0.312. The van der Waals surface area contributed by atoms with E-state index in [0.29, 0.717) is 28.0 Å². The third-order valence-electron chi connectivity index (χ3n) is 2.95. The lowest BCUT2D eigenvalue weighted by Gasteiger charge is -2.14. The second kappa shape index (κ2) is 8.50. The Balaban J connectivity index is 1.88. The number of carbonyl (C=O) groups is 1. The van der Waals surface area contributed by atoms with Gasteiger partial charge in [0.05, 0.1) is 13.2 Å². The number of thioether (sulfide) groups is 1. The van der Waals surface area contributed by atoms with Gasteiger partial charge in [-0.25, -0.2) is 9.97 Å². The van der Waals surface area contributed by atoms with Gasteiger partial charge >= 0.3 is 0 Å². The molecule has 0 spiro atoms. The Hall–Kier alpha value is -2.12. The largest absolute Gasteiger partial charge is 0.493 e. The highest BCUT2D eigenvalue weighted by Crippen LogP contribution is 2.28. The molecule has 1 unspecified atom stereocenters. The molecule has 0 amide bonds. The van der Waals surface area contributed by atoms with Crippen LogP contribution in [0.2, 0.25) is 0 Å². The van der Waals surface area contributed by atoms with Crippen LogP contribution in [0.15, 0.2) is 41.8 Å². The van der Waals surface area contributed by atoms with E-state index in [2.05, 4.69) is 9.97 Å². The first-order valence-corrected chi connectivity index (χ1v) is 7.98. The van der Waals surface area contributed by atoms with E-state index in [9.17, 15) is 9.90 Å². The second-order valence-corrected chi connectivity index (χ2v) is 5.72. The average Bonchev–Trinajstić information content (AvgIpc) is 2.58. The van der Waals surface area contributed by atoms with Crippen molar-refractivity contribution in [3.8, 4) is 11.5 Å². The zero-order valence-corrected chi connectivity index (χ0v) is 13.7. The van der Waals surface area contributed by atoms with E-state index in [4.69, 9.17) is 9.47 Å². The molecular formula is C16H18N2O4S. The zero-order valence-electron chi connectivity index (χ0n) is 12.9. The van der Waals surface area contributed by atoms with Crippen LogP contribution < -0.4 is 9.47 Å². The van der Waals surface area contributed by atoms with Crippen LogP contribution in [0.3, 0.4) is 0 Å². The Morgan fingerprint density at radius 2 is 2.04 bits per heavy atom. The van der Waals surface area contributed by atoms with E-state index in [0.717, 1.165) is 0 Å². The average molecular weight is 334 g/mol. The maximum atomic E-state index is 11.4. The molecule has 0 saturated carbocycles. The Bertz CT molecular complexity index is 652. The molecule has 0 radical (unpaired) electrons. The van der Waals surface area contributed by atoms with Gasteiger partial charge in [0.15, 0.2) is 22.4 Å². The zero-order chi connectivity index (χ0) is 16.7. The molecule has 0 aliphatic carbocycles. The summed E-state index contributed by atoms with van der Waals surface area (Å²) in [6.07, 6.45) is 2.63. The number of aromatic nitrogens is 2. The summed E-state index contributed by atoms with van der Waals surface area (Å²) >= 11 is 1.35. The van der Waals surface area contributed by atoms with Crippen LogP contribution in [0.25, 0.3) is 0 Å². The second-order valence-electron chi connectivity index (χ2n) is 4.73. The number of ketones is 1. The van der Waals surface area contributed by atoms with Crippen LogP contribution >= 0.6 is 11.8 Å². The van der Waals surface area contributed by atoms with Crippen molar-refractivity contribution >= 4 is 17.5 Å². The standard InChI is InChI=1S/C16H18N2O4S/c1-11(19)12-4-5-14(15(8-12)21-2)22-9-13(20)10-23-16-17-6-3-7-18-16/h3-8,13,20H,9-10H2,1-2H3. The normalized spacial score (nSPS) is 11.8. The van der Waals surface area contributed by atoms with Crippen molar-refractivity contribution in [1.82, 2.24) is 9.97 Å². The van der Waals surface area contributed by atoms with Crippen LogP contribution in [-0.2, 0) is 0 Å². The van der Waals surface area contributed by atoms with Crippen molar-refractivity contribution in [1.29, 1.82) is 0 Å². The van der Waals surface area contributed by atoms with Gasteiger partial charge in [0, 0.05) is 23.7 Å². The van der Waals surface area contributed by atoms with Gasteiger partial charge in [0.25, 0.3) is 0 Å². The summed E-state index contributed by atoms with van der Waals surface area (Å²) in [6.45, 7) is 1.59. The molecule has 7 heteroatoms. The number of aliphatic hydroxyl groups excluding tert-OH is 1. The highest BCUT2D eigenvalue weighted by molar-refractivity contribution is 7.99. The van der Waals surface area contributed by atoms with Crippen molar-refractivity contribution in [2.75, 3.05) is 19.5 Å². The van der Waals surface area contributed by atoms with Gasteiger partial charge in [0.1, 0.15) is 6.61 Å². The van der Waals surface area contributed by atoms with Crippen molar-refractivity contribution in [2.24, 2.45) is 0 Å². The van der Waals surface area contributed by atoms with Crippen LogP contribution in [0, 0.1) is 0 Å². The van der Waals surface area contributed by atoms with Crippen LogP contribution in [0.4, 0.5) is 0 Å². The maximum absolute atomic E-state index is 11.4. The van der Waals surface area contributed by atoms with E-state index in [1.807, 2.05) is 0 Å². The molecular weight excluding hydrogens is 316 g/mol. The van der Waals surface area contributed by atoms with Crippen LogP contribution in [0.5, 0.6) is 11.5 Å². The summed E-state index contributed by atoms with van der Waals surface area (Å²) < 4.78 is 10.8. The monoisotopic (exact) mass is 334 g/mol. The fourth-order valence-corrected chi connectivity index (χ4v) is 2.48. The molecule has 0 fully saturated rings. The van der Waals surface area contributed by atoms with Crippen LogP contribution in [-0.4, -0.2) is 46.4 Å². The number of aliphatic hydroxyl groups is 1. The van der Waals surface area contributed by atoms with Gasteiger partial charge < -0.3 is 14.6 Å². The summed E-state index contributed by atoms with van der Waals surface area (Å²) in [5.41, 5.74) is 0.548. The Kier molecular flexibility index (Phi) is 6.37. The smallest absolute Gasteiger partial charge is 0.187 e. The summed E-state index contributed by atoms with van der Waals surface area (Å²) in [5.74, 6) is 1.31. The quantitative estimate of drug-likeness (QED) is 0.450. The Labute approximate surface area is 138 Å². The molecule has 0 saturated heterocycles. The number of carbonyl (C=O) groups excluding carboxylic acids is 1. The van der Waals surface area contributed by atoms with E-state index in [1.165, 1.54) is 25.8 Å². The third kappa shape index (κ3) is 5.22. The van der Waals surface area contributed by atoms with Gasteiger partial charge in [-0.3, -0.25) is 4.79 Å². The van der Waals surface area contributed by atoms with E-state index in [1.54, 1.807) is 36.7 Å². The SMILES string of the molecule is COc1cc(C(C)=O)ccc1OCC(O)CSc1ncccn1. The number of benzene rings is 1.